The Morgan fingerprint density at radius 1 is 1.26 bits per heavy atom. The van der Waals surface area contributed by atoms with Gasteiger partial charge in [-0.15, -0.1) is 0 Å². The molecule has 1 amide bonds. The van der Waals surface area contributed by atoms with Crippen molar-refractivity contribution in [3.63, 3.8) is 0 Å². The summed E-state index contributed by atoms with van der Waals surface area (Å²) in [6.45, 7) is 1.34. The Balaban J connectivity index is 1.25. The van der Waals surface area contributed by atoms with E-state index in [1.54, 1.807) is 12.3 Å². The second-order valence-electron chi connectivity index (χ2n) is 9.18. The summed E-state index contributed by atoms with van der Waals surface area (Å²) in [4.78, 5) is 20.7. The van der Waals surface area contributed by atoms with E-state index < -0.39 is 17.3 Å². The predicted molar refractivity (Wildman–Crippen MR) is 130 cm³/mol. The summed E-state index contributed by atoms with van der Waals surface area (Å²) >= 11 is 7.78. The maximum absolute atomic E-state index is 13.7. The monoisotopic (exact) mass is 515 g/mol. The summed E-state index contributed by atoms with van der Waals surface area (Å²) in [5.41, 5.74) is 1.03. The van der Waals surface area contributed by atoms with Gasteiger partial charge in [0.25, 0.3) is 0 Å². The Bertz CT molecular complexity index is 1300. The van der Waals surface area contributed by atoms with Gasteiger partial charge in [0.15, 0.2) is 16.6 Å². The smallest absolute Gasteiger partial charge is 0.236 e. The van der Waals surface area contributed by atoms with Crippen molar-refractivity contribution in [1.29, 1.82) is 0 Å². The van der Waals surface area contributed by atoms with Crippen molar-refractivity contribution in [1.82, 2.24) is 9.88 Å². The number of hydrogen-bond donors (Lipinski definition) is 2. The van der Waals surface area contributed by atoms with E-state index in [1.165, 1.54) is 23.5 Å². The number of aliphatic hydroxyl groups excluding tert-OH is 1. The first-order valence-corrected chi connectivity index (χ1v) is 12.7. The molecule has 3 aromatic rings. The van der Waals surface area contributed by atoms with Gasteiger partial charge in [-0.2, -0.15) is 0 Å². The SMILES string of the molecule is O=C(Nc1ncc([C@@H](c2ccc(F)cc2Cl)N2CCC(O)C2)s1)C1(c2ccc3c(c2)OCO3)CC1. The molecule has 1 unspecified atom stereocenters. The highest BCUT2D eigenvalue weighted by Gasteiger charge is 2.52. The number of rotatable bonds is 6. The number of benzene rings is 2. The van der Waals surface area contributed by atoms with Gasteiger partial charge in [-0.05, 0) is 54.7 Å². The lowest BCUT2D eigenvalue weighted by molar-refractivity contribution is -0.118. The first kappa shape index (κ1) is 22.7. The molecule has 2 aromatic carbocycles. The van der Waals surface area contributed by atoms with Gasteiger partial charge < -0.3 is 19.9 Å². The van der Waals surface area contributed by atoms with Crippen LogP contribution in [0.15, 0.2) is 42.6 Å². The van der Waals surface area contributed by atoms with Crippen molar-refractivity contribution in [2.45, 2.75) is 36.8 Å². The Hall–Kier alpha value is -2.72. The molecule has 10 heteroatoms. The zero-order valence-corrected chi connectivity index (χ0v) is 20.2. The molecule has 1 saturated heterocycles. The minimum atomic E-state index is -0.606. The Morgan fingerprint density at radius 3 is 2.83 bits per heavy atom. The van der Waals surface area contributed by atoms with Crippen LogP contribution in [0.2, 0.25) is 5.02 Å². The average molecular weight is 516 g/mol. The summed E-state index contributed by atoms with van der Waals surface area (Å²) < 4.78 is 24.6. The largest absolute Gasteiger partial charge is 0.454 e. The number of β-amino-alcohol motifs (C(OH)–C–C–N with tert-alkyl or cyclic N) is 1. The van der Waals surface area contributed by atoms with Gasteiger partial charge in [0.1, 0.15) is 5.82 Å². The van der Waals surface area contributed by atoms with Crippen LogP contribution in [0.5, 0.6) is 11.5 Å². The van der Waals surface area contributed by atoms with Crippen molar-refractivity contribution < 1.29 is 23.8 Å². The van der Waals surface area contributed by atoms with Crippen molar-refractivity contribution in [2.75, 3.05) is 25.2 Å². The number of aromatic nitrogens is 1. The number of carbonyl (C=O) groups excluding carboxylic acids is 1. The van der Waals surface area contributed by atoms with Gasteiger partial charge in [0.05, 0.1) is 17.6 Å². The van der Waals surface area contributed by atoms with Crippen LogP contribution in [0.1, 0.15) is 41.3 Å². The van der Waals surface area contributed by atoms with E-state index in [0.29, 0.717) is 41.2 Å². The fraction of sp³-hybridized carbons (Fsp3) is 0.360. The molecule has 0 bridgehead atoms. The Kier molecular flexibility index (Phi) is 5.68. The number of fused-ring (bicyclic) bond motifs is 1. The average Bonchev–Trinajstić information content (AvgIpc) is 3.12. The number of halogens is 2. The number of amides is 1. The molecule has 3 aliphatic rings. The molecule has 7 nitrogen and oxygen atoms in total. The zero-order chi connectivity index (χ0) is 24.2. The standard InChI is InChI=1S/C25H23ClFN3O4S/c26-18-10-15(27)2-3-17(18)22(30-8-5-16(31)12-30)21-11-28-24(35-21)29-23(32)25(6-7-25)14-1-4-19-20(9-14)34-13-33-19/h1-4,9-11,16,22,31H,5-8,12-13H2,(H,28,29,32)/t16?,22-/m1/s1. The normalized spacial score (nSPS) is 21.2. The summed E-state index contributed by atoms with van der Waals surface area (Å²) in [7, 11) is 0. The van der Waals surface area contributed by atoms with Crippen molar-refractivity contribution in [2.24, 2.45) is 0 Å². The molecule has 35 heavy (non-hydrogen) atoms. The van der Waals surface area contributed by atoms with Crippen LogP contribution in [-0.4, -0.2) is 46.9 Å². The molecule has 2 aliphatic heterocycles. The summed E-state index contributed by atoms with van der Waals surface area (Å²) in [5, 5.41) is 13.9. The molecule has 2 atom stereocenters. The van der Waals surface area contributed by atoms with Crippen LogP contribution < -0.4 is 14.8 Å². The maximum Gasteiger partial charge on any atom is 0.236 e. The molecule has 6 rings (SSSR count). The highest BCUT2D eigenvalue weighted by Crippen LogP contribution is 2.51. The lowest BCUT2D eigenvalue weighted by Gasteiger charge is -2.27. The van der Waals surface area contributed by atoms with E-state index in [4.69, 9.17) is 21.1 Å². The van der Waals surface area contributed by atoms with Crippen LogP contribution in [-0.2, 0) is 10.2 Å². The van der Waals surface area contributed by atoms with Crippen LogP contribution in [0.4, 0.5) is 9.52 Å². The Labute approximate surface area is 210 Å². The first-order chi connectivity index (χ1) is 16.9. The van der Waals surface area contributed by atoms with Gasteiger partial charge in [0.2, 0.25) is 12.7 Å². The molecule has 1 aromatic heterocycles. The maximum atomic E-state index is 13.7. The predicted octanol–water partition coefficient (Wildman–Crippen LogP) is 4.49. The summed E-state index contributed by atoms with van der Waals surface area (Å²) in [5.74, 6) is 0.830. The van der Waals surface area contributed by atoms with Gasteiger partial charge in [-0.3, -0.25) is 9.69 Å². The third-order valence-corrected chi connectivity index (χ3v) is 8.23. The molecule has 2 N–H and O–H groups in total. The molecule has 1 saturated carbocycles. The number of hydrogen-bond acceptors (Lipinski definition) is 7. The quantitative estimate of drug-likeness (QED) is 0.503. The number of nitrogens with one attached hydrogen (secondary N) is 1. The number of thiazole rings is 1. The van der Waals surface area contributed by atoms with E-state index in [0.717, 1.165) is 28.8 Å². The molecular formula is C25H23ClFN3O4S. The number of aliphatic hydroxyl groups is 1. The number of carbonyl (C=O) groups is 1. The van der Waals surface area contributed by atoms with Gasteiger partial charge in [0, 0.05) is 29.2 Å². The van der Waals surface area contributed by atoms with Crippen LogP contribution >= 0.6 is 22.9 Å². The van der Waals surface area contributed by atoms with Crippen molar-refractivity contribution >= 4 is 34.0 Å². The third-order valence-electron chi connectivity index (χ3n) is 6.94. The zero-order valence-electron chi connectivity index (χ0n) is 18.7. The molecule has 1 aliphatic carbocycles. The second-order valence-corrected chi connectivity index (χ2v) is 10.6. The van der Waals surface area contributed by atoms with E-state index in [-0.39, 0.29) is 18.7 Å². The van der Waals surface area contributed by atoms with Gasteiger partial charge >= 0.3 is 0 Å². The number of nitrogens with zero attached hydrogens (tertiary/aromatic N) is 2. The highest BCUT2D eigenvalue weighted by molar-refractivity contribution is 7.15. The number of anilines is 1. The lowest BCUT2D eigenvalue weighted by Crippen LogP contribution is -2.28. The fourth-order valence-corrected chi connectivity index (χ4v) is 6.15. The fourth-order valence-electron chi connectivity index (χ4n) is 4.91. The summed E-state index contributed by atoms with van der Waals surface area (Å²) in [6.07, 6.45) is 3.43. The highest BCUT2D eigenvalue weighted by atomic mass is 35.5. The minimum Gasteiger partial charge on any atom is -0.454 e. The lowest BCUT2D eigenvalue weighted by atomic mass is 9.94. The topological polar surface area (TPSA) is 83.9 Å². The van der Waals surface area contributed by atoms with Crippen molar-refractivity contribution in [3.05, 3.63) is 69.4 Å². The first-order valence-electron chi connectivity index (χ1n) is 11.5. The minimum absolute atomic E-state index is 0.106. The van der Waals surface area contributed by atoms with E-state index in [1.807, 2.05) is 18.2 Å². The summed E-state index contributed by atoms with van der Waals surface area (Å²) in [6, 6.07) is 9.69. The van der Waals surface area contributed by atoms with Crippen LogP contribution in [0.25, 0.3) is 0 Å². The van der Waals surface area contributed by atoms with Gasteiger partial charge in [-0.25, -0.2) is 9.37 Å². The van der Waals surface area contributed by atoms with Crippen LogP contribution in [0, 0.1) is 5.82 Å². The molecule has 2 fully saturated rings. The Morgan fingerprint density at radius 2 is 2.09 bits per heavy atom. The second kappa shape index (κ2) is 8.74. The van der Waals surface area contributed by atoms with E-state index in [9.17, 15) is 14.3 Å². The molecule has 3 heterocycles. The molecule has 0 radical (unpaired) electrons. The number of likely N-dealkylation sites (tertiary alicyclic amines) is 1. The van der Waals surface area contributed by atoms with Gasteiger partial charge in [-0.1, -0.05) is 35.1 Å². The number of ether oxygens (including phenoxy) is 2. The molecular weight excluding hydrogens is 493 g/mol. The third kappa shape index (κ3) is 4.16. The molecule has 182 valence electrons. The van der Waals surface area contributed by atoms with E-state index >= 15 is 0 Å². The van der Waals surface area contributed by atoms with Crippen LogP contribution in [0.3, 0.4) is 0 Å². The molecule has 0 spiro atoms. The van der Waals surface area contributed by atoms with E-state index in [2.05, 4.69) is 15.2 Å². The van der Waals surface area contributed by atoms with Crippen molar-refractivity contribution in [3.8, 4) is 11.5 Å².